The highest BCUT2D eigenvalue weighted by atomic mass is 35.5. The number of esters is 1. The number of halogens is 1. The molecule has 1 amide bonds. The lowest BCUT2D eigenvalue weighted by atomic mass is 10.2. The Morgan fingerprint density at radius 3 is 2.62 bits per heavy atom. The van der Waals surface area contributed by atoms with Crippen LogP contribution in [0.2, 0.25) is 5.02 Å². The highest BCUT2D eigenvalue weighted by molar-refractivity contribution is 6.30. The number of amides is 1. The Hall–Kier alpha value is -3.19. The third-order valence-corrected chi connectivity index (χ3v) is 4.60. The van der Waals surface area contributed by atoms with Crippen molar-refractivity contribution in [3.05, 3.63) is 75.3 Å². The summed E-state index contributed by atoms with van der Waals surface area (Å²) in [6, 6.07) is 14.1. The van der Waals surface area contributed by atoms with Gasteiger partial charge >= 0.3 is 5.97 Å². The van der Waals surface area contributed by atoms with Crippen LogP contribution in [-0.2, 0) is 27.3 Å². The van der Waals surface area contributed by atoms with Crippen molar-refractivity contribution in [3.8, 4) is 0 Å². The molecule has 0 fully saturated rings. The number of para-hydroxylation sites is 1. The molecule has 150 valence electrons. The number of likely N-dealkylation sites (N-methyl/N-ethyl adjacent to an activating group) is 1. The molecule has 29 heavy (non-hydrogen) atoms. The molecule has 2 aromatic carbocycles. The zero-order valence-electron chi connectivity index (χ0n) is 15.9. The molecule has 0 atom stereocenters. The minimum atomic E-state index is -0.533. The summed E-state index contributed by atoms with van der Waals surface area (Å²) in [6.07, 6.45) is 0.225. The van der Waals surface area contributed by atoms with Crippen LogP contribution in [0, 0.1) is 0 Å². The Balaban J connectivity index is 1.47. The van der Waals surface area contributed by atoms with E-state index in [1.807, 2.05) is 12.1 Å². The first-order valence-corrected chi connectivity index (χ1v) is 9.42. The van der Waals surface area contributed by atoms with Crippen LogP contribution < -0.4 is 5.56 Å². The van der Waals surface area contributed by atoms with Crippen LogP contribution in [0.15, 0.2) is 53.3 Å². The SMILES string of the molecule is CN(Cc1ccc(Cl)cc1)C(=O)COC(=O)CCc1nc2ccccc2c(=O)[nH]1. The number of benzene rings is 2. The van der Waals surface area contributed by atoms with Gasteiger partial charge in [-0.3, -0.25) is 14.4 Å². The minimum absolute atomic E-state index is 0.00938. The first kappa shape index (κ1) is 20.5. The lowest BCUT2D eigenvalue weighted by molar-refractivity contribution is -0.151. The largest absolute Gasteiger partial charge is 0.456 e. The molecule has 1 heterocycles. The first-order chi connectivity index (χ1) is 13.9. The lowest BCUT2D eigenvalue weighted by Crippen LogP contribution is -2.30. The van der Waals surface area contributed by atoms with Gasteiger partial charge in [-0.25, -0.2) is 4.98 Å². The van der Waals surface area contributed by atoms with Gasteiger partial charge in [-0.1, -0.05) is 35.9 Å². The number of ether oxygens (including phenoxy) is 1. The number of aryl methyl sites for hydroxylation is 1. The summed E-state index contributed by atoms with van der Waals surface area (Å²) in [7, 11) is 1.63. The van der Waals surface area contributed by atoms with Crippen LogP contribution in [0.3, 0.4) is 0 Å². The molecule has 0 saturated carbocycles. The molecule has 3 rings (SSSR count). The quantitative estimate of drug-likeness (QED) is 0.601. The number of H-pyrrole nitrogens is 1. The molecule has 0 saturated heterocycles. The van der Waals surface area contributed by atoms with Crippen LogP contribution in [0.1, 0.15) is 17.8 Å². The highest BCUT2D eigenvalue weighted by Crippen LogP contribution is 2.11. The van der Waals surface area contributed by atoms with Crippen molar-refractivity contribution in [2.45, 2.75) is 19.4 Å². The van der Waals surface area contributed by atoms with Gasteiger partial charge in [0.2, 0.25) is 0 Å². The second kappa shape index (κ2) is 9.34. The van der Waals surface area contributed by atoms with Gasteiger partial charge < -0.3 is 14.6 Å². The number of aromatic nitrogens is 2. The number of carbonyl (C=O) groups is 2. The first-order valence-electron chi connectivity index (χ1n) is 9.04. The third-order valence-electron chi connectivity index (χ3n) is 4.34. The number of aromatic amines is 1. The monoisotopic (exact) mass is 413 g/mol. The molecular formula is C21H20ClN3O4. The molecule has 8 heteroatoms. The maximum absolute atomic E-state index is 12.1. The standard InChI is InChI=1S/C21H20ClN3O4/c1-25(12-14-6-8-15(22)9-7-14)19(26)13-29-20(27)11-10-18-23-17-5-3-2-4-16(17)21(28)24-18/h2-9H,10-13H2,1H3,(H,23,24,28). The van der Waals surface area contributed by atoms with Crippen molar-refractivity contribution < 1.29 is 14.3 Å². The van der Waals surface area contributed by atoms with E-state index in [-0.39, 0.29) is 30.9 Å². The average molecular weight is 414 g/mol. The number of carbonyl (C=O) groups excluding carboxylic acids is 2. The molecule has 0 spiro atoms. The molecule has 1 N–H and O–H groups in total. The van der Waals surface area contributed by atoms with E-state index in [1.165, 1.54) is 4.90 Å². The van der Waals surface area contributed by atoms with E-state index in [9.17, 15) is 14.4 Å². The smallest absolute Gasteiger partial charge is 0.306 e. The van der Waals surface area contributed by atoms with Gasteiger partial charge in [-0.2, -0.15) is 0 Å². The van der Waals surface area contributed by atoms with Crippen LogP contribution in [0.25, 0.3) is 10.9 Å². The topological polar surface area (TPSA) is 92.4 Å². The number of rotatable bonds is 7. The molecule has 0 aliphatic carbocycles. The molecule has 0 aliphatic heterocycles. The van der Waals surface area contributed by atoms with Crippen molar-refractivity contribution in [3.63, 3.8) is 0 Å². The number of hydrogen-bond donors (Lipinski definition) is 1. The van der Waals surface area contributed by atoms with Crippen molar-refractivity contribution in [2.75, 3.05) is 13.7 Å². The number of nitrogens with zero attached hydrogens (tertiary/aromatic N) is 2. The van der Waals surface area contributed by atoms with Crippen LogP contribution >= 0.6 is 11.6 Å². The summed E-state index contributed by atoms with van der Waals surface area (Å²) < 4.78 is 5.05. The van der Waals surface area contributed by atoms with Gasteiger partial charge in [0, 0.05) is 25.0 Å². The van der Waals surface area contributed by atoms with Crippen molar-refractivity contribution in [1.82, 2.24) is 14.9 Å². The van der Waals surface area contributed by atoms with E-state index in [0.29, 0.717) is 28.3 Å². The van der Waals surface area contributed by atoms with Crippen molar-refractivity contribution >= 4 is 34.4 Å². The molecule has 7 nitrogen and oxygen atoms in total. The Kier molecular flexibility index (Phi) is 6.61. The predicted molar refractivity (Wildman–Crippen MR) is 110 cm³/mol. The summed E-state index contributed by atoms with van der Waals surface area (Å²) in [5.41, 5.74) is 1.24. The van der Waals surface area contributed by atoms with E-state index in [2.05, 4.69) is 9.97 Å². The van der Waals surface area contributed by atoms with Gasteiger partial charge in [0.1, 0.15) is 5.82 Å². The minimum Gasteiger partial charge on any atom is -0.456 e. The Morgan fingerprint density at radius 1 is 1.14 bits per heavy atom. The van der Waals surface area contributed by atoms with Gasteiger partial charge in [0.05, 0.1) is 17.3 Å². The maximum Gasteiger partial charge on any atom is 0.306 e. The molecule has 0 aliphatic rings. The van der Waals surface area contributed by atoms with Crippen LogP contribution in [0.4, 0.5) is 0 Å². The van der Waals surface area contributed by atoms with E-state index in [0.717, 1.165) is 5.56 Å². The van der Waals surface area contributed by atoms with E-state index < -0.39 is 5.97 Å². The second-order valence-electron chi connectivity index (χ2n) is 6.57. The molecule has 3 aromatic rings. The van der Waals surface area contributed by atoms with Crippen LogP contribution in [0.5, 0.6) is 0 Å². The summed E-state index contributed by atoms with van der Waals surface area (Å²) in [5, 5.41) is 1.12. The zero-order valence-corrected chi connectivity index (χ0v) is 16.6. The molecule has 0 radical (unpaired) electrons. The molecule has 0 bridgehead atoms. The summed E-state index contributed by atoms with van der Waals surface area (Å²) in [5.74, 6) is -0.448. The van der Waals surface area contributed by atoms with Crippen molar-refractivity contribution in [1.29, 1.82) is 0 Å². The predicted octanol–water partition coefficient (Wildman–Crippen LogP) is 2.71. The maximum atomic E-state index is 12.1. The van der Waals surface area contributed by atoms with Gasteiger partial charge in [-0.05, 0) is 29.8 Å². The Bertz CT molecular complexity index is 1080. The fraction of sp³-hybridized carbons (Fsp3) is 0.238. The Labute approximate surface area is 172 Å². The van der Waals surface area contributed by atoms with Crippen LogP contribution in [-0.4, -0.2) is 40.4 Å². The number of fused-ring (bicyclic) bond motifs is 1. The molecule has 0 unspecified atom stereocenters. The summed E-state index contributed by atoms with van der Waals surface area (Å²) in [4.78, 5) is 44.6. The van der Waals surface area contributed by atoms with Gasteiger partial charge in [0.15, 0.2) is 6.61 Å². The average Bonchev–Trinajstić information content (AvgIpc) is 2.72. The van der Waals surface area contributed by atoms with E-state index >= 15 is 0 Å². The summed E-state index contributed by atoms with van der Waals surface area (Å²) >= 11 is 5.84. The van der Waals surface area contributed by atoms with Crippen molar-refractivity contribution in [2.24, 2.45) is 0 Å². The fourth-order valence-corrected chi connectivity index (χ4v) is 2.88. The van der Waals surface area contributed by atoms with Gasteiger partial charge in [0.25, 0.3) is 11.5 Å². The van der Waals surface area contributed by atoms with Gasteiger partial charge in [-0.15, -0.1) is 0 Å². The highest BCUT2D eigenvalue weighted by Gasteiger charge is 2.13. The number of nitrogens with one attached hydrogen (secondary N) is 1. The van der Waals surface area contributed by atoms with E-state index in [4.69, 9.17) is 16.3 Å². The Morgan fingerprint density at radius 2 is 1.86 bits per heavy atom. The summed E-state index contributed by atoms with van der Waals surface area (Å²) in [6.45, 7) is 0.0421. The zero-order chi connectivity index (χ0) is 20.8. The lowest BCUT2D eigenvalue weighted by Gasteiger charge is -2.17. The fourth-order valence-electron chi connectivity index (χ4n) is 2.75. The molecular weight excluding hydrogens is 394 g/mol. The molecule has 1 aromatic heterocycles. The van der Waals surface area contributed by atoms with E-state index in [1.54, 1.807) is 43.4 Å². The third kappa shape index (κ3) is 5.65. The normalized spacial score (nSPS) is 10.7. The number of hydrogen-bond acceptors (Lipinski definition) is 5. The second-order valence-corrected chi connectivity index (χ2v) is 7.00.